The average molecular weight is 459 g/mol. The second-order valence-electron chi connectivity index (χ2n) is 7.82. The number of hydrogen-bond acceptors (Lipinski definition) is 6. The summed E-state index contributed by atoms with van der Waals surface area (Å²) in [6.07, 6.45) is 0. The maximum atomic E-state index is 13.0. The fraction of sp³-hybridized carbons (Fsp3) is 0.185. The molecule has 0 bridgehead atoms. The highest BCUT2D eigenvalue weighted by molar-refractivity contribution is 6.05. The Bertz CT molecular complexity index is 1280. The molecule has 0 radical (unpaired) electrons. The first-order chi connectivity index (χ1) is 16.4. The van der Waals surface area contributed by atoms with Gasteiger partial charge in [0.15, 0.2) is 17.2 Å². The van der Waals surface area contributed by atoms with Crippen molar-refractivity contribution in [2.75, 3.05) is 12.4 Å². The van der Waals surface area contributed by atoms with Gasteiger partial charge in [-0.15, -0.1) is 0 Å². The number of methoxy groups -OCH3 is 1. The lowest BCUT2D eigenvalue weighted by atomic mass is 10.1. The zero-order valence-corrected chi connectivity index (χ0v) is 19.5. The predicted octanol–water partition coefficient (Wildman–Crippen LogP) is 6.23. The summed E-state index contributed by atoms with van der Waals surface area (Å²) >= 11 is 0. The second kappa shape index (κ2) is 10.1. The summed E-state index contributed by atoms with van der Waals surface area (Å²) < 4.78 is 22.5. The summed E-state index contributed by atoms with van der Waals surface area (Å²) in [6.45, 7) is 6.00. The molecule has 7 heteroatoms. The van der Waals surface area contributed by atoms with Gasteiger partial charge in [0, 0.05) is 5.56 Å². The lowest BCUT2D eigenvalue weighted by Crippen LogP contribution is -2.13. The largest absolute Gasteiger partial charge is 0.493 e. The number of carbonyl (C=O) groups is 1. The van der Waals surface area contributed by atoms with Crippen molar-refractivity contribution in [2.24, 2.45) is 0 Å². The van der Waals surface area contributed by atoms with E-state index >= 15 is 0 Å². The lowest BCUT2D eigenvalue weighted by molar-refractivity contribution is 0.102. The van der Waals surface area contributed by atoms with E-state index in [-0.39, 0.29) is 12.5 Å². The number of amides is 1. The first-order valence-corrected chi connectivity index (χ1v) is 10.8. The molecule has 0 unspecified atom stereocenters. The molecule has 7 nitrogen and oxygen atoms in total. The van der Waals surface area contributed by atoms with Crippen LogP contribution in [-0.2, 0) is 6.61 Å². The average Bonchev–Trinajstić information content (AvgIpc) is 3.17. The third-order valence-electron chi connectivity index (χ3n) is 5.36. The van der Waals surface area contributed by atoms with Crippen molar-refractivity contribution in [1.82, 2.24) is 5.16 Å². The number of nitrogens with zero attached hydrogens (tertiary/aromatic N) is 1. The van der Waals surface area contributed by atoms with E-state index in [4.69, 9.17) is 18.7 Å². The van der Waals surface area contributed by atoms with Gasteiger partial charge in [-0.3, -0.25) is 4.79 Å². The Morgan fingerprint density at radius 2 is 1.71 bits per heavy atom. The fourth-order valence-corrected chi connectivity index (χ4v) is 3.37. The topological polar surface area (TPSA) is 82.8 Å². The highest BCUT2D eigenvalue weighted by atomic mass is 16.5. The number of rotatable bonds is 8. The number of anilines is 1. The van der Waals surface area contributed by atoms with E-state index in [1.807, 2.05) is 63.2 Å². The van der Waals surface area contributed by atoms with Crippen molar-refractivity contribution in [3.05, 3.63) is 94.9 Å². The Hall–Kier alpha value is -4.26. The van der Waals surface area contributed by atoms with Gasteiger partial charge < -0.3 is 24.1 Å². The Balaban J connectivity index is 1.49. The van der Waals surface area contributed by atoms with Crippen LogP contribution < -0.4 is 19.5 Å². The van der Waals surface area contributed by atoms with E-state index in [1.165, 1.54) is 7.11 Å². The normalized spacial score (nSPS) is 10.6. The molecule has 1 amide bonds. The van der Waals surface area contributed by atoms with Gasteiger partial charge in [0.2, 0.25) is 0 Å². The molecule has 0 spiro atoms. The molecular formula is C27H26N2O5. The second-order valence-corrected chi connectivity index (χ2v) is 7.82. The molecule has 0 saturated heterocycles. The molecule has 0 atom stereocenters. The van der Waals surface area contributed by atoms with Gasteiger partial charge in [0.05, 0.1) is 24.1 Å². The summed E-state index contributed by atoms with van der Waals surface area (Å²) in [4.78, 5) is 13.0. The lowest BCUT2D eigenvalue weighted by Gasteiger charge is -2.14. The summed E-state index contributed by atoms with van der Waals surface area (Å²) in [5.41, 5.74) is 3.78. The van der Waals surface area contributed by atoms with Crippen LogP contribution in [-0.4, -0.2) is 18.2 Å². The van der Waals surface area contributed by atoms with Crippen molar-refractivity contribution < 1.29 is 23.5 Å². The molecule has 1 aromatic heterocycles. The first-order valence-electron chi connectivity index (χ1n) is 10.8. The zero-order chi connectivity index (χ0) is 24.1. The first kappa shape index (κ1) is 22.9. The number of ether oxygens (including phenoxy) is 3. The Kier molecular flexibility index (Phi) is 6.82. The summed E-state index contributed by atoms with van der Waals surface area (Å²) in [5, 5.41) is 6.85. The van der Waals surface area contributed by atoms with Crippen LogP contribution in [0.25, 0.3) is 0 Å². The highest BCUT2D eigenvalue weighted by Gasteiger charge is 2.15. The van der Waals surface area contributed by atoms with Gasteiger partial charge in [-0.1, -0.05) is 35.0 Å². The summed E-state index contributed by atoms with van der Waals surface area (Å²) in [6, 6.07) is 20.0. The van der Waals surface area contributed by atoms with E-state index in [0.717, 1.165) is 16.8 Å². The smallest absolute Gasteiger partial charge is 0.255 e. The molecule has 4 aromatic rings. The van der Waals surface area contributed by atoms with Crippen molar-refractivity contribution >= 4 is 11.6 Å². The Labute approximate surface area is 198 Å². The maximum Gasteiger partial charge on any atom is 0.255 e. The molecular weight excluding hydrogens is 432 g/mol. The Morgan fingerprint density at radius 1 is 0.941 bits per heavy atom. The molecule has 174 valence electrons. The molecule has 1 N–H and O–H groups in total. The molecule has 4 rings (SSSR count). The van der Waals surface area contributed by atoms with Crippen molar-refractivity contribution in [3.8, 4) is 23.0 Å². The van der Waals surface area contributed by atoms with Crippen LogP contribution in [0.5, 0.6) is 23.0 Å². The third kappa shape index (κ3) is 5.20. The Morgan fingerprint density at radius 3 is 2.41 bits per heavy atom. The molecule has 0 fully saturated rings. The zero-order valence-electron chi connectivity index (χ0n) is 19.5. The number of aryl methyl sites for hydroxylation is 3. The SMILES string of the molecule is COc1cc(C(=O)Nc2ccccc2Oc2ccc(C)cc2)ccc1OCc1c(C)noc1C. The van der Waals surface area contributed by atoms with E-state index in [1.54, 1.807) is 24.3 Å². The van der Waals surface area contributed by atoms with Gasteiger partial charge in [-0.25, -0.2) is 0 Å². The monoisotopic (exact) mass is 458 g/mol. The molecule has 0 aliphatic heterocycles. The van der Waals surface area contributed by atoms with Crippen LogP contribution >= 0.6 is 0 Å². The van der Waals surface area contributed by atoms with Crippen LogP contribution in [0.15, 0.2) is 71.3 Å². The minimum Gasteiger partial charge on any atom is -0.493 e. The number of aromatic nitrogens is 1. The van der Waals surface area contributed by atoms with E-state index in [0.29, 0.717) is 40.0 Å². The van der Waals surface area contributed by atoms with Gasteiger partial charge in [-0.2, -0.15) is 0 Å². The number of hydrogen-bond donors (Lipinski definition) is 1. The van der Waals surface area contributed by atoms with Crippen LogP contribution in [0.2, 0.25) is 0 Å². The third-order valence-corrected chi connectivity index (χ3v) is 5.36. The number of nitrogens with one attached hydrogen (secondary N) is 1. The van der Waals surface area contributed by atoms with Gasteiger partial charge in [-0.05, 0) is 63.2 Å². The van der Waals surface area contributed by atoms with Crippen LogP contribution in [0.1, 0.15) is 32.9 Å². The summed E-state index contributed by atoms with van der Waals surface area (Å²) in [7, 11) is 1.53. The van der Waals surface area contributed by atoms with E-state index < -0.39 is 0 Å². The molecule has 1 heterocycles. The van der Waals surface area contributed by atoms with Gasteiger partial charge in [0.25, 0.3) is 5.91 Å². The minimum atomic E-state index is -0.296. The van der Waals surface area contributed by atoms with Crippen molar-refractivity contribution in [1.29, 1.82) is 0 Å². The quantitative estimate of drug-likeness (QED) is 0.337. The highest BCUT2D eigenvalue weighted by Crippen LogP contribution is 2.32. The molecule has 0 saturated carbocycles. The number of benzene rings is 3. The van der Waals surface area contributed by atoms with Crippen molar-refractivity contribution in [2.45, 2.75) is 27.4 Å². The molecule has 3 aromatic carbocycles. The standard InChI is InChI=1S/C27H26N2O5/c1-17-9-12-21(13-10-17)33-24-8-6-5-7-23(24)28-27(30)20-11-14-25(26(15-20)31-4)32-16-22-18(2)29-34-19(22)3/h5-15H,16H2,1-4H3,(H,28,30). The predicted molar refractivity (Wildman–Crippen MR) is 129 cm³/mol. The van der Waals surface area contributed by atoms with Crippen LogP contribution in [0.3, 0.4) is 0 Å². The van der Waals surface area contributed by atoms with Crippen LogP contribution in [0.4, 0.5) is 5.69 Å². The van der Waals surface area contributed by atoms with Gasteiger partial charge in [0.1, 0.15) is 18.1 Å². The number of para-hydroxylation sites is 2. The molecule has 0 aliphatic carbocycles. The van der Waals surface area contributed by atoms with Crippen molar-refractivity contribution in [3.63, 3.8) is 0 Å². The fourth-order valence-electron chi connectivity index (χ4n) is 3.37. The van der Waals surface area contributed by atoms with Crippen LogP contribution in [0, 0.1) is 20.8 Å². The van der Waals surface area contributed by atoms with E-state index in [2.05, 4.69) is 10.5 Å². The van der Waals surface area contributed by atoms with Gasteiger partial charge >= 0.3 is 0 Å². The minimum absolute atomic E-state index is 0.285. The number of carbonyl (C=O) groups excluding carboxylic acids is 1. The molecule has 34 heavy (non-hydrogen) atoms. The maximum absolute atomic E-state index is 13.0. The molecule has 0 aliphatic rings. The summed E-state index contributed by atoms with van der Waals surface area (Å²) in [5.74, 6) is 2.61. The van der Waals surface area contributed by atoms with E-state index in [9.17, 15) is 4.79 Å².